The first kappa shape index (κ1) is 23.1. The van der Waals surface area contributed by atoms with Crippen LogP contribution in [0.25, 0.3) is 0 Å². The third kappa shape index (κ3) is 5.81. The molecule has 1 aromatic carbocycles. The molecule has 0 bridgehead atoms. The van der Waals surface area contributed by atoms with Gasteiger partial charge in [0.2, 0.25) is 11.8 Å². The van der Waals surface area contributed by atoms with Crippen molar-refractivity contribution in [3.8, 4) is 0 Å². The van der Waals surface area contributed by atoms with E-state index in [4.69, 9.17) is 4.74 Å². The zero-order valence-corrected chi connectivity index (χ0v) is 19.4. The van der Waals surface area contributed by atoms with Crippen molar-refractivity contribution in [2.75, 3.05) is 62.7 Å². The number of amides is 2. The van der Waals surface area contributed by atoms with Gasteiger partial charge in [-0.3, -0.25) is 14.5 Å². The number of nitrogens with zero attached hydrogens (tertiary/aromatic N) is 3. The number of benzene rings is 1. The Balaban J connectivity index is 1.24. The maximum Gasteiger partial charge on any atom is 0.241 e. The molecule has 0 spiro atoms. The Morgan fingerprint density at radius 1 is 0.906 bits per heavy atom. The lowest BCUT2D eigenvalue weighted by molar-refractivity contribution is -0.137. The molecule has 1 atom stereocenters. The van der Waals surface area contributed by atoms with Crippen LogP contribution in [-0.2, 0) is 14.3 Å². The summed E-state index contributed by atoms with van der Waals surface area (Å²) in [5.41, 5.74) is 1.99. The van der Waals surface area contributed by atoms with E-state index < -0.39 is 0 Å². The van der Waals surface area contributed by atoms with E-state index in [9.17, 15) is 9.59 Å². The van der Waals surface area contributed by atoms with Gasteiger partial charge in [0.05, 0.1) is 19.3 Å². The van der Waals surface area contributed by atoms with Gasteiger partial charge < -0.3 is 19.9 Å². The van der Waals surface area contributed by atoms with Crippen molar-refractivity contribution < 1.29 is 14.3 Å². The number of likely N-dealkylation sites (tertiary alicyclic amines) is 2. The lowest BCUT2D eigenvalue weighted by Crippen LogP contribution is -2.48. The van der Waals surface area contributed by atoms with Gasteiger partial charge in [0, 0.05) is 43.5 Å². The lowest BCUT2D eigenvalue weighted by atomic mass is 9.94. The van der Waals surface area contributed by atoms with E-state index in [0.717, 1.165) is 89.5 Å². The Hall–Kier alpha value is -2.12. The zero-order chi connectivity index (χ0) is 22.3. The molecule has 2 amide bonds. The van der Waals surface area contributed by atoms with Crippen LogP contribution in [0.2, 0.25) is 0 Å². The summed E-state index contributed by atoms with van der Waals surface area (Å²) in [6, 6.07) is 7.86. The highest BCUT2D eigenvalue weighted by Gasteiger charge is 2.32. The molecule has 0 aliphatic carbocycles. The summed E-state index contributed by atoms with van der Waals surface area (Å²) in [6.07, 6.45) is 6.45. The Morgan fingerprint density at radius 3 is 2.16 bits per heavy atom. The van der Waals surface area contributed by atoms with Crippen molar-refractivity contribution in [3.63, 3.8) is 0 Å². The monoisotopic (exact) mass is 442 g/mol. The fourth-order valence-corrected chi connectivity index (χ4v) is 5.07. The summed E-state index contributed by atoms with van der Waals surface area (Å²) in [5, 5.41) is 3.06. The summed E-state index contributed by atoms with van der Waals surface area (Å²) < 4.78 is 5.41. The summed E-state index contributed by atoms with van der Waals surface area (Å²) >= 11 is 0. The lowest BCUT2D eigenvalue weighted by Gasteiger charge is -2.36. The predicted octanol–water partition coefficient (Wildman–Crippen LogP) is 2.96. The van der Waals surface area contributed by atoms with Crippen molar-refractivity contribution in [1.82, 2.24) is 9.80 Å². The summed E-state index contributed by atoms with van der Waals surface area (Å²) in [5.74, 6) is 0.470. The van der Waals surface area contributed by atoms with Crippen LogP contribution >= 0.6 is 0 Å². The number of anilines is 2. The number of piperidine rings is 1. The average Bonchev–Trinajstić information content (AvgIpc) is 3.14. The van der Waals surface area contributed by atoms with Gasteiger partial charge in [0.1, 0.15) is 0 Å². The molecule has 7 heteroatoms. The minimum atomic E-state index is -0.205. The van der Waals surface area contributed by atoms with Crippen LogP contribution in [0.3, 0.4) is 0 Å². The summed E-state index contributed by atoms with van der Waals surface area (Å²) in [6.45, 7) is 8.73. The molecule has 1 N–H and O–H groups in total. The van der Waals surface area contributed by atoms with Gasteiger partial charge in [-0.2, -0.15) is 0 Å². The number of carbonyl (C=O) groups is 2. The van der Waals surface area contributed by atoms with Crippen LogP contribution < -0.4 is 10.2 Å². The molecular weight excluding hydrogens is 404 g/mol. The van der Waals surface area contributed by atoms with E-state index in [1.165, 1.54) is 12.8 Å². The first-order valence-electron chi connectivity index (χ1n) is 12.4. The zero-order valence-electron chi connectivity index (χ0n) is 19.4. The van der Waals surface area contributed by atoms with Crippen molar-refractivity contribution in [3.05, 3.63) is 24.3 Å². The molecule has 3 heterocycles. The normalized spacial score (nSPS) is 22.3. The van der Waals surface area contributed by atoms with E-state index in [2.05, 4.69) is 32.1 Å². The van der Waals surface area contributed by atoms with Crippen LogP contribution in [0.1, 0.15) is 45.4 Å². The van der Waals surface area contributed by atoms with Crippen molar-refractivity contribution in [2.24, 2.45) is 5.92 Å². The fourth-order valence-electron chi connectivity index (χ4n) is 5.07. The van der Waals surface area contributed by atoms with E-state index in [1.54, 1.807) is 0 Å². The third-order valence-corrected chi connectivity index (χ3v) is 7.23. The average molecular weight is 443 g/mol. The van der Waals surface area contributed by atoms with Gasteiger partial charge in [0.25, 0.3) is 0 Å². The Bertz CT molecular complexity index is 747. The van der Waals surface area contributed by atoms with Crippen LogP contribution in [0.4, 0.5) is 11.4 Å². The summed E-state index contributed by atoms with van der Waals surface area (Å²) in [7, 11) is 0. The molecular formula is C25H38N4O3. The molecule has 3 fully saturated rings. The summed E-state index contributed by atoms with van der Waals surface area (Å²) in [4.78, 5) is 32.4. The number of rotatable bonds is 5. The molecule has 32 heavy (non-hydrogen) atoms. The third-order valence-electron chi connectivity index (χ3n) is 7.23. The number of morpholine rings is 1. The van der Waals surface area contributed by atoms with Gasteiger partial charge in [-0.1, -0.05) is 12.8 Å². The molecule has 1 unspecified atom stereocenters. The van der Waals surface area contributed by atoms with E-state index >= 15 is 0 Å². The molecule has 7 nitrogen and oxygen atoms in total. The maximum absolute atomic E-state index is 12.9. The van der Waals surface area contributed by atoms with Crippen molar-refractivity contribution in [1.29, 1.82) is 0 Å². The quantitative estimate of drug-likeness (QED) is 0.760. The standard InChI is InChI=1S/C25H38N4O3/c1-20(24(30)26-22-6-8-23(9-7-22)28-16-18-32-19-17-28)27-14-10-21(11-15-27)25(31)29-12-4-2-3-5-13-29/h6-9,20-21H,2-5,10-19H2,1H3,(H,26,30). The molecule has 0 saturated carbocycles. The molecule has 3 aliphatic heterocycles. The molecule has 4 rings (SSSR count). The predicted molar refractivity (Wildman–Crippen MR) is 127 cm³/mol. The van der Waals surface area contributed by atoms with Gasteiger partial charge >= 0.3 is 0 Å². The molecule has 3 saturated heterocycles. The van der Waals surface area contributed by atoms with Gasteiger partial charge in [-0.05, 0) is 70.0 Å². The highest BCUT2D eigenvalue weighted by molar-refractivity contribution is 5.94. The Labute approximate surface area is 192 Å². The van der Waals surface area contributed by atoms with Gasteiger partial charge in [0.15, 0.2) is 0 Å². The fraction of sp³-hybridized carbons (Fsp3) is 0.680. The molecule has 176 valence electrons. The van der Waals surface area contributed by atoms with Crippen LogP contribution in [-0.4, -0.2) is 80.1 Å². The second-order valence-corrected chi connectivity index (χ2v) is 9.36. The molecule has 0 radical (unpaired) electrons. The SMILES string of the molecule is CC(C(=O)Nc1ccc(N2CCOCC2)cc1)N1CCC(C(=O)N2CCCCCC2)CC1. The highest BCUT2D eigenvalue weighted by Crippen LogP contribution is 2.24. The smallest absolute Gasteiger partial charge is 0.241 e. The number of carbonyl (C=O) groups excluding carboxylic acids is 2. The Morgan fingerprint density at radius 2 is 1.53 bits per heavy atom. The molecule has 0 aromatic heterocycles. The van der Waals surface area contributed by atoms with Crippen molar-refractivity contribution in [2.45, 2.75) is 51.5 Å². The number of ether oxygens (including phenoxy) is 1. The molecule has 1 aromatic rings. The maximum atomic E-state index is 12.9. The first-order chi connectivity index (χ1) is 15.6. The number of nitrogens with one attached hydrogen (secondary N) is 1. The van der Waals surface area contributed by atoms with Gasteiger partial charge in [-0.25, -0.2) is 0 Å². The van der Waals surface area contributed by atoms with Crippen molar-refractivity contribution >= 4 is 23.2 Å². The minimum absolute atomic E-state index is 0.0152. The second-order valence-electron chi connectivity index (χ2n) is 9.36. The van der Waals surface area contributed by atoms with Gasteiger partial charge in [-0.15, -0.1) is 0 Å². The van der Waals surface area contributed by atoms with E-state index in [-0.39, 0.29) is 17.9 Å². The largest absolute Gasteiger partial charge is 0.378 e. The second kappa shape index (κ2) is 11.1. The van der Waals surface area contributed by atoms with Crippen LogP contribution in [0, 0.1) is 5.92 Å². The first-order valence-corrected chi connectivity index (χ1v) is 12.4. The number of hydrogen-bond donors (Lipinski definition) is 1. The van der Waals surface area contributed by atoms with Crippen LogP contribution in [0.15, 0.2) is 24.3 Å². The Kier molecular flexibility index (Phi) is 8.03. The van der Waals surface area contributed by atoms with E-state index in [0.29, 0.717) is 5.91 Å². The molecule has 3 aliphatic rings. The number of hydrogen-bond acceptors (Lipinski definition) is 5. The minimum Gasteiger partial charge on any atom is -0.378 e. The van der Waals surface area contributed by atoms with Crippen LogP contribution in [0.5, 0.6) is 0 Å². The highest BCUT2D eigenvalue weighted by atomic mass is 16.5. The topological polar surface area (TPSA) is 65.1 Å². The van der Waals surface area contributed by atoms with E-state index in [1.807, 2.05) is 19.1 Å².